The molecule has 0 saturated heterocycles. The smallest absolute Gasteiger partial charge is 0.254 e. The fraction of sp³-hybridized carbons (Fsp3) is 0.136. The number of nitrogens with zero attached hydrogens (tertiary/aromatic N) is 5. The summed E-state index contributed by atoms with van der Waals surface area (Å²) in [7, 11) is 5.05. The minimum absolute atomic E-state index is 0.102. The lowest BCUT2D eigenvalue weighted by Gasteiger charge is -2.14. The van der Waals surface area contributed by atoms with Gasteiger partial charge in [-0.3, -0.25) is 9.78 Å². The fourth-order valence-corrected chi connectivity index (χ4v) is 2.99. The maximum Gasteiger partial charge on any atom is 0.254 e. The van der Waals surface area contributed by atoms with Crippen LogP contribution in [0.15, 0.2) is 61.1 Å². The molecule has 0 spiro atoms. The van der Waals surface area contributed by atoms with Crippen molar-refractivity contribution in [1.82, 2.24) is 24.8 Å². The van der Waals surface area contributed by atoms with Crippen molar-refractivity contribution in [2.24, 2.45) is 0 Å². The molecule has 0 N–H and O–H groups in total. The zero-order valence-electron chi connectivity index (χ0n) is 16.3. The lowest BCUT2D eigenvalue weighted by Crippen LogP contribution is -2.22. The monoisotopic (exact) mass is 385 g/mol. The number of hydrogen-bond acceptors (Lipinski definition) is 6. The largest absolute Gasteiger partial charge is 0.497 e. The van der Waals surface area contributed by atoms with Crippen LogP contribution in [-0.4, -0.2) is 51.9 Å². The van der Waals surface area contributed by atoms with E-state index in [1.54, 1.807) is 50.8 Å². The number of benzene rings is 1. The van der Waals surface area contributed by atoms with Crippen molar-refractivity contribution in [2.75, 3.05) is 21.2 Å². The van der Waals surface area contributed by atoms with E-state index in [0.29, 0.717) is 39.6 Å². The molecule has 0 radical (unpaired) electrons. The van der Waals surface area contributed by atoms with Crippen LogP contribution in [-0.2, 0) is 0 Å². The summed E-state index contributed by atoms with van der Waals surface area (Å²) in [5.74, 6) is 1.10. The minimum atomic E-state index is -0.102. The lowest BCUT2D eigenvalue weighted by atomic mass is 10.0. The third kappa shape index (κ3) is 3.62. The number of methoxy groups -OCH3 is 1. The predicted molar refractivity (Wildman–Crippen MR) is 111 cm³/mol. The van der Waals surface area contributed by atoms with Crippen molar-refractivity contribution in [2.45, 2.75) is 0 Å². The van der Waals surface area contributed by atoms with Gasteiger partial charge in [0.25, 0.3) is 5.91 Å². The highest BCUT2D eigenvalue weighted by atomic mass is 16.5. The molecule has 0 unspecified atom stereocenters. The number of hydrogen-bond donors (Lipinski definition) is 0. The molecular formula is C22H19N5O2. The molecule has 0 aliphatic rings. The molecule has 0 bridgehead atoms. The van der Waals surface area contributed by atoms with E-state index in [1.807, 2.05) is 36.4 Å². The van der Waals surface area contributed by atoms with E-state index >= 15 is 0 Å². The van der Waals surface area contributed by atoms with Crippen molar-refractivity contribution in [3.05, 3.63) is 66.6 Å². The Hall–Kier alpha value is -3.87. The molecule has 0 saturated carbocycles. The average molecular weight is 385 g/mol. The first kappa shape index (κ1) is 18.5. The SMILES string of the molecule is COc1ccc2c(C(=O)N(C)C)cc(-c3cnc(-c4ccccn4)nc3)nc2c1. The Kier molecular flexibility index (Phi) is 4.87. The second-order valence-corrected chi connectivity index (χ2v) is 6.65. The van der Waals surface area contributed by atoms with E-state index in [2.05, 4.69) is 15.0 Å². The topological polar surface area (TPSA) is 81.1 Å². The van der Waals surface area contributed by atoms with E-state index in [4.69, 9.17) is 9.72 Å². The number of pyridine rings is 2. The van der Waals surface area contributed by atoms with Gasteiger partial charge in [-0.1, -0.05) is 6.07 Å². The van der Waals surface area contributed by atoms with Gasteiger partial charge in [-0.15, -0.1) is 0 Å². The molecule has 1 amide bonds. The molecule has 0 aliphatic heterocycles. The summed E-state index contributed by atoms with van der Waals surface area (Å²) >= 11 is 0. The zero-order chi connectivity index (χ0) is 20.4. The predicted octanol–water partition coefficient (Wildman–Crippen LogP) is 3.46. The van der Waals surface area contributed by atoms with Crippen molar-refractivity contribution >= 4 is 16.8 Å². The molecule has 0 atom stereocenters. The van der Waals surface area contributed by atoms with Crippen molar-refractivity contribution in [3.63, 3.8) is 0 Å². The maximum atomic E-state index is 12.8. The third-order valence-electron chi connectivity index (χ3n) is 4.50. The molecule has 144 valence electrons. The summed E-state index contributed by atoms with van der Waals surface area (Å²) in [4.78, 5) is 32.1. The van der Waals surface area contributed by atoms with Gasteiger partial charge in [-0.05, 0) is 30.3 Å². The van der Waals surface area contributed by atoms with E-state index in [0.717, 1.165) is 5.39 Å². The van der Waals surface area contributed by atoms with Crippen LogP contribution < -0.4 is 4.74 Å². The summed E-state index contributed by atoms with van der Waals surface area (Å²) in [6, 6.07) is 12.8. The second-order valence-electron chi connectivity index (χ2n) is 6.65. The van der Waals surface area contributed by atoms with Gasteiger partial charge in [0.05, 0.1) is 23.9 Å². The highest BCUT2D eigenvalue weighted by Crippen LogP contribution is 2.28. The first-order valence-corrected chi connectivity index (χ1v) is 9.01. The summed E-state index contributed by atoms with van der Waals surface area (Å²) in [6.07, 6.45) is 5.08. The van der Waals surface area contributed by atoms with E-state index < -0.39 is 0 Å². The van der Waals surface area contributed by atoms with E-state index in [1.165, 1.54) is 0 Å². The first-order chi connectivity index (χ1) is 14.1. The number of carbonyl (C=O) groups excluding carboxylic acids is 1. The fourth-order valence-electron chi connectivity index (χ4n) is 2.99. The van der Waals surface area contributed by atoms with Crippen molar-refractivity contribution in [3.8, 4) is 28.5 Å². The Bertz CT molecular complexity index is 1180. The quantitative estimate of drug-likeness (QED) is 0.535. The Balaban J connectivity index is 1.83. The molecule has 0 fully saturated rings. The second kappa shape index (κ2) is 7.63. The van der Waals surface area contributed by atoms with E-state index in [-0.39, 0.29) is 5.91 Å². The Labute approximate surface area is 168 Å². The molecule has 1 aromatic carbocycles. The summed E-state index contributed by atoms with van der Waals surface area (Å²) in [5, 5.41) is 0.763. The van der Waals surface area contributed by atoms with Crippen LogP contribution in [0.3, 0.4) is 0 Å². The van der Waals surface area contributed by atoms with Crippen LogP contribution >= 0.6 is 0 Å². The minimum Gasteiger partial charge on any atom is -0.497 e. The summed E-state index contributed by atoms with van der Waals surface area (Å²) in [6.45, 7) is 0. The number of rotatable bonds is 4. The highest BCUT2D eigenvalue weighted by Gasteiger charge is 2.16. The molecule has 3 aromatic heterocycles. The van der Waals surface area contributed by atoms with Crippen LogP contribution in [0, 0.1) is 0 Å². The molecule has 4 aromatic rings. The van der Waals surface area contributed by atoms with Crippen LogP contribution in [0.25, 0.3) is 33.7 Å². The third-order valence-corrected chi connectivity index (χ3v) is 4.50. The summed E-state index contributed by atoms with van der Waals surface area (Å²) in [5.41, 5.74) is 3.25. The maximum absolute atomic E-state index is 12.8. The summed E-state index contributed by atoms with van der Waals surface area (Å²) < 4.78 is 5.31. The highest BCUT2D eigenvalue weighted by molar-refractivity contribution is 6.07. The van der Waals surface area contributed by atoms with Crippen LogP contribution in [0.5, 0.6) is 5.75 Å². The molecule has 7 nitrogen and oxygen atoms in total. The Morgan fingerprint density at radius 2 is 1.76 bits per heavy atom. The van der Waals surface area contributed by atoms with Crippen LogP contribution in [0.1, 0.15) is 10.4 Å². The van der Waals surface area contributed by atoms with Gasteiger partial charge in [0.1, 0.15) is 11.4 Å². The van der Waals surface area contributed by atoms with E-state index in [9.17, 15) is 4.79 Å². The molecular weight excluding hydrogens is 366 g/mol. The van der Waals surface area contributed by atoms with Gasteiger partial charge in [0.15, 0.2) is 5.82 Å². The number of ether oxygens (including phenoxy) is 1. The zero-order valence-corrected chi connectivity index (χ0v) is 16.3. The molecule has 7 heteroatoms. The number of carbonyl (C=O) groups is 1. The number of fused-ring (bicyclic) bond motifs is 1. The van der Waals surface area contributed by atoms with Gasteiger partial charge in [-0.25, -0.2) is 15.0 Å². The number of aromatic nitrogens is 4. The molecule has 4 rings (SSSR count). The van der Waals surface area contributed by atoms with Crippen LogP contribution in [0.2, 0.25) is 0 Å². The molecule has 3 heterocycles. The number of amides is 1. The average Bonchev–Trinajstić information content (AvgIpc) is 2.78. The standard InChI is InChI=1S/C22H19N5O2/c1-27(2)22(28)17-11-19(26-20-10-15(29-3)7-8-16(17)20)14-12-24-21(25-13-14)18-6-4-5-9-23-18/h4-13H,1-3H3. The van der Waals surface area contributed by atoms with Gasteiger partial charge >= 0.3 is 0 Å². The van der Waals surface area contributed by atoms with Crippen LogP contribution in [0.4, 0.5) is 0 Å². The Morgan fingerprint density at radius 3 is 2.41 bits per heavy atom. The van der Waals surface area contributed by atoms with Gasteiger partial charge < -0.3 is 9.64 Å². The molecule has 0 aliphatic carbocycles. The first-order valence-electron chi connectivity index (χ1n) is 9.01. The molecule has 29 heavy (non-hydrogen) atoms. The Morgan fingerprint density at radius 1 is 0.966 bits per heavy atom. The van der Waals surface area contributed by atoms with Gasteiger partial charge in [0.2, 0.25) is 0 Å². The normalized spacial score (nSPS) is 10.7. The van der Waals surface area contributed by atoms with Gasteiger partial charge in [0, 0.05) is 49.7 Å². The lowest BCUT2D eigenvalue weighted by molar-refractivity contribution is 0.0829. The van der Waals surface area contributed by atoms with Gasteiger partial charge in [-0.2, -0.15) is 0 Å². The van der Waals surface area contributed by atoms with Crippen molar-refractivity contribution < 1.29 is 9.53 Å². The van der Waals surface area contributed by atoms with Crippen molar-refractivity contribution in [1.29, 1.82) is 0 Å².